The summed E-state index contributed by atoms with van der Waals surface area (Å²) in [6, 6.07) is 15.4. The average molecular weight is 316 g/mol. The molecule has 1 aliphatic heterocycles. The first kappa shape index (κ1) is 14.9. The summed E-state index contributed by atoms with van der Waals surface area (Å²) in [5.41, 5.74) is 1.97. The number of para-hydroxylation sites is 1. The van der Waals surface area contributed by atoms with Crippen LogP contribution < -0.4 is 9.64 Å². The quantitative estimate of drug-likeness (QED) is 0.835. The lowest BCUT2D eigenvalue weighted by molar-refractivity contribution is -0.119. The first-order valence-corrected chi connectivity index (χ1v) is 7.88. The molecule has 0 aliphatic carbocycles. The maximum Gasteiger partial charge on any atom is 0.226 e. The molecule has 0 saturated carbocycles. The van der Waals surface area contributed by atoms with E-state index in [0.29, 0.717) is 23.8 Å². The van der Waals surface area contributed by atoms with E-state index in [4.69, 9.17) is 16.3 Å². The second-order valence-corrected chi connectivity index (χ2v) is 5.80. The number of carbonyl (C=O) groups excluding carboxylic acids is 1. The van der Waals surface area contributed by atoms with Crippen molar-refractivity contribution in [3.05, 3.63) is 59.1 Å². The number of benzene rings is 2. The minimum atomic E-state index is 0.204. The van der Waals surface area contributed by atoms with E-state index >= 15 is 0 Å². The molecule has 0 spiro atoms. The lowest BCUT2D eigenvalue weighted by atomic mass is 10.1. The molecule has 3 nitrogen and oxygen atoms in total. The molecule has 4 heteroatoms. The van der Waals surface area contributed by atoms with Crippen LogP contribution in [0.5, 0.6) is 5.75 Å². The lowest BCUT2D eigenvalue weighted by Gasteiger charge is -2.27. The Bertz CT molecular complexity index is 672. The first-order valence-electron chi connectivity index (χ1n) is 7.51. The fourth-order valence-corrected chi connectivity index (χ4v) is 2.81. The molecule has 1 saturated heterocycles. The summed E-state index contributed by atoms with van der Waals surface area (Å²) >= 11 is 6.08. The molecule has 0 aromatic heterocycles. The number of piperidine rings is 1. The maximum atomic E-state index is 12.0. The Labute approximate surface area is 135 Å². The molecule has 0 unspecified atom stereocenters. The van der Waals surface area contributed by atoms with Gasteiger partial charge in [-0.15, -0.1) is 0 Å². The third kappa shape index (κ3) is 3.42. The van der Waals surface area contributed by atoms with Gasteiger partial charge in [0.15, 0.2) is 0 Å². The molecule has 1 fully saturated rings. The van der Waals surface area contributed by atoms with Crippen molar-refractivity contribution in [1.82, 2.24) is 0 Å². The van der Waals surface area contributed by atoms with Gasteiger partial charge in [0.05, 0.1) is 5.02 Å². The van der Waals surface area contributed by atoms with Crippen LogP contribution in [-0.4, -0.2) is 12.5 Å². The smallest absolute Gasteiger partial charge is 0.226 e. The minimum absolute atomic E-state index is 0.204. The zero-order chi connectivity index (χ0) is 15.4. The Balaban J connectivity index is 1.71. The molecule has 2 aromatic carbocycles. The summed E-state index contributed by atoms with van der Waals surface area (Å²) < 4.78 is 5.76. The van der Waals surface area contributed by atoms with E-state index in [9.17, 15) is 4.79 Å². The van der Waals surface area contributed by atoms with E-state index < -0.39 is 0 Å². The Kier molecular flexibility index (Phi) is 4.64. The van der Waals surface area contributed by atoms with E-state index in [1.165, 1.54) is 0 Å². The maximum absolute atomic E-state index is 12.0. The van der Waals surface area contributed by atoms with Crippen LogP contribution in [0.1, 0.15) is 24.8 Å². The van der Waals surface area contributed by atoms with Gasteiger partial charge in [-0.2, -0.15) is 0 Å². The number of amides is 1. The van der Waals surface area contributed by atoms with E-state index in [1.807, 2.05) is 47.4 Å². The van der Waals surface area contributed by atoms with Gasteiger partial charge in [-0.1, -0.05) is 35.9 Å². The van der Waals surface area contributed by atoms with Crippen molar-refractivity contribution in [3.63, 3.8) is 0 Å². The van der Waals surface area contributed by atoms with Gasteiger partial charge in [0.25, 0.3) is 0 Å². The van der Waals surface area contributed by atoms with E-state index in [-0.39, 0.29) is 5.91 Å². The number of rotatable bonds is 4. The number of hydrogen-bond acceptors (Lipinski definition) is 2. The SMILES string of the molecule is O=C1CCCCN1c1cccc(COc2ccccc2Cl)c1. The average Bonchev–Trinajstić information content (AvgIpc) is 2.55. The molecule has 1 heterocycles. The van der Waals surface area contributed by atoms with E-state index in [2.05, 4.69) is 0 Å². The molecule has 0 N–H and O–H groups in total. The van der Waals surface area contributed by atoms with Gasteiger partial charge >= 0.3 is 0 Å². The minimum Gasteiger partial charge on any atom is -0.487 e. The number of hydrogen-bond donors (Lipinski definition) is 0. The predicted octanol–water partition coefficient (Wildman–Crippen LogP) is 4.44. The summed E-state index contributed by atoms with van der Waals surface area (Å²) in [6.45, 7) is 1.23. The van der Waals surface area contributed by atoms with Crippen LogP contribution in [-0.2, 0) is 11.4 Å². The number of nitrogens with zero attached hydrogens (tertiary/aromatic N) is 1. The van der Waals surface area contributed by atoms with Crippen LogP contribution in [0.25, 0.3) is 0 Å². The highest BCUT2D eigenvalue weighted by atomic mass is 35.5. The second-order valence-electron chi connectivity index (χ2n) is 5.39. The van der Waals surface area contributed by atoms with E-state index in [1.54, 1.807) is 6.07 Å². The van der Waals surface area contributed by atoms with E-state index in [0.717, 1.165) is 30.6 Å². The summed E-state index contributed by atoms with van der Waals surface area (Å²) in [5.74, 6) is 0.874. The number of anilines is 1. The normalized spacial score (nSPS) is 15.0. The van der Waals surface area contributed by atoms with Gasteiger partial charge in [0, 0.05) is 18.7 Å². The Morgan fingerprint density at radius 2 is 1.95 bits per heavy atom. The topological polar surface area (TPSA) is 29.5 Å². The van der Waals surface area contributed by atoms with Gasteiger partial charge in [0.1, 0.15) is 12.4 Å². The van der Waals surface area contributed by atoms with Gasteiger partial charge in [-0.05, 0) is 42.7 Å². The number of carbonyl (C=O) groups is 1. The standard InChI is InChI=1S/C18H18ClNO2/c19-16-8-1-2-9-17(16)22-13-14-6-5-7-15(12-14)20-11-4-3-10-18(20)21/h1-2,5-9,12H,3-4,10-11,13H2. The molecule has 2 aromatic rings. The van der Waals surface area contributed by atoms with Crippen molar-refractivity contribution in [1.29, 1.82) is 0 Å². The third-order valence-corrected chi connectivity index (χ3v) is 4.09. The molecule has 22 heavy (non-hydrogen) atoms. The van der Waals surface area contributed by atoms with Crippen molar-refractivity contribution in [3.8, 4) is 5.75 Å². The van der Waals surface area contributed by atoms with Crippen LogP contribution in [0.4, 0.5) is 5.69 Å². The second kappa shape index (κ2) is 6.84. The Hall–Kier alpha value is -2.00. The monoisotopic (exact) mass is 315 g/mol. The molecule has 114 valence electrons. The van der Waals surface area contributed by atoms with Crippen molar-refractivity contribution in [2.45, 2.75) is 25.9 Å². The molecular formula is C18H18ClNO2. The van der Waals surface area contributed by atoms with Crippen LogP contribution >= 0.6 is 11.6 Å². The molecular weight excluding hydrogens is 298 g/mol. The van der Waals surface area contributed by atoms with Crippen molar-refractivity contribution >= 4 is 23.2 Å². The molecule has 0 bridgehead atoms. The highest BCUT2D eigenvalue weighted by Gasteiger charge is 2.19. The summed E-state index contributed by atoms with van der Waals surface area (Å²) in [6.07, 6.45) is 2.69. The van der Waals surface area contributed by atoms with Crippen LogP contribution in [0, 0.1) is 0 Å². The third-order valence-electron chi connectivity index (χ3n) is 3.78. The zero-order valence-corrected chi connectivity index (χ0v) is 13.1. The Morgan fingerprint density at radius 1 is 1.09 bits per heavy atom. The fourth-order valence-electron chi connectivity index (χ4n) is 2.62. The molecule has 0 radical (unpaired) electrons. The van der Waals surface area contributed by atoms with Gasteiger partial charge in [0.2, 0.25) is 5.91 Å². The molecule has 3 rings (SSSR count). The predicted molar refractivity (Wildman–Crippen MR) is 88.4 cm³/mol. The summed E-state index contributed by atoms with van der Waals surface area (Å²) in [4.78, 5) is 13.9. The summed E-state index contributed by atoms with van der Waals surface area (Å²) in [5, 5.41) is 0.602. The largest absolute Gasteiger partial charge is 0.487 e. The number of halogens is 1. The van der Waals surface area contributed by atoms with Crippen LogP contribution in [0.2, 0.25) is 5.02 Å². The first-order chi connectivity index (χ1) is 10.7. The molecule has 0 atom stereocenters. The number of ether oxygens (including phenoxy) is 1. The van der Waals surface area contributed by atoms with Gasteiger partial charge in [-0.3, -0.25) is 4.79 Å². The Morgan fingerprint density at radius 3 is 2.77 bits per heavy atom. The van der Waals surface area contributed by atoms with Crippen LogP contribution in [0.15, 0.2) is 48.5 Å². The fraction of sp³-hybridized carbons (Fsp3) is 0.278. The van der Waals surface area contributed by atoms with Crippen molar-refractivity contribution < 1.29 is 9.53 Å². The zero-order valence-electron chi connectivity index (χ0n) is 12.3. The highest BCUT2D eigenvalue weighted by Crippen LogP contribution is 2.26. The molecule has 1 aliphatic rings. The van der Waals surface area contributed by atoms with Crippen molar-refractivity contribution in [2.75, 3.05) is 11.4 Å². The summed E-state index contributed by atoms with van der Waals surface area (Å²) in [7, 11) is 0. The molecule has 1 amide bonds. The van der Waals surface area contributed by atoms with Gasteiger partial charge < -0.3 is 9.64 Å². The lowest BCUT2D eigenvalue weighted by Crippen LogP contribution is -2.35. The highest BCUT2D eigenvalue weighted by molar-refractivity contribution is 6.32. The van der Waals surface area contributed by atoms with Crippen LogP contribution in [0.3, 0.4) is 0 Å². The van der Waals surface area contributed by atoms with Gasteiger partial charge in [-0.25, -0.2) is 0 Å². The van der Waals surface area contributed by atoms with Crippen molar-refractivity contribution in [2.24, 2.45) is 0 Å².